The van der Waals surface area contributed by atoms with Crippen LogP contribution in [0, 0.1) is 0 Å². The highest BCUT2D eigenvalue weighted by atomic mass is 16.2. The molecule has 0 unspecified atom stereocenters. The second kappa shape index (κ2) is 7.21. The van der Waals surface area contributed by atoms with Gasteiger partial charge in [0.2, 0.25) is 5.91 Å². The molecule has 0 atom stereocenters. The Morgan fingerprint density at radius 1 is 1.26 bits per heavy atom. The number of aromatic nitrogens is 4. The first kappa shape index (κ1) is 15.5. The first-order chi connectivity index (χ1) is 11.2. The average molecular weight is 315 g/mol. The van der Waals surface area contributed by atoms with E-state index in [9.17, 15) is 9.59 Å². The van der Waals surface area contributed by atoms with E-state index < -0.39 is 0 Å². The van der Waals surface area contributed by atoms with Crippen LogP contribution < -0.4 is 10.9 Å². The molecule has 0 spiro atoms. The molecule has 1 aliphatic carbocycles. The lowest BCUT2D eigenvalue weighted by Crippen LogP contribution is -2.32. The number of amides is 1. The van der Waals surface area contributed by atoms with Crippen LogP contribution in [0.15, 0.2) is 35.5 Å². The second-order valence-corrected chi connectivity index (χ2v) is 5.89. The van der Waals surface area contributed by atoms with Gasteiger partial charge in [-0.2, -0.15) is 0 Å². The number of pyridine rings is 1. The van der Waals surface area contributed by atoms with Gasteiger partial charge < -0.3 is 14.5 Å². The summed E-state index contributed by atoms with van der Waals surface area (Å²) in [5.41, 5.74) is -0.187. The van der Waals surface area contributed by atoms with Crippen molar-refractivity contribution in [1.29, 1.82) is 0 Å². The predicted molar refractivity (Wildman–Crippen MR) is 84.7 cm³/mol. The molecule has 1 saturated carbocycles. The Bertz CT molecular complexity index is 715. The van der Waals surface area contributed by atoms with Crippen molar-refractivity contribution in [3.8, 4) is 0 Å². The highest BCUT2D eigenvalue weighted by Gasteiger charge is 2.18. The largest absolute Gasteiger partial charge is 0.347 e. The fourth-order valence-electron chi connectivity index (χ4n) is 3.04. The molecule has 2 aromatic rings. The Morgan fingerprint density at radius 3 is 2.87 bits per heavy atom. The molecule has 0 aliphatic heterocycles. The molecular formula is C16H21N5O2. The van der Waals surface area contributed by atoms with Gasteiger partial charge in [0, 0.05) is 18.3 Å². The molecule has 0 saturated heterocycles. The lowest BCUT2D eigenvalue weighted by molar-refractivity contribution is -0.121. The average Bonchev–Trinajstić information content (AvgIpc) is 3.04. The maximum absolute atomic E-state index is 12.0. The van der Waals surface area contributed by atoms with E-state index in [0.717, 1.165) is 18.7 Å². The van der Waals surface area contributed by atoms with Crippen molar-refractivity contribution in [2.24, 2.45) is 0 Å². The van der Waals surface area contributed by atoms with Crippen LogP contribution in [0.1, 0.15) is 44.0 Å². The van der Waals surface area contributed by atoms with Gasteiger partial charge in [-0.15, -0.1) is 10.2 Å². The summed E-state index contributed by atoms with van der Waals surface area (Å²) in [5, 5.41) is 10.9. The van der Waals surface area contributed by atoms with Crippen LogP contribution in [0.2, 0.25) is 0 Å². The van der Waals surface area contributed by atoms with Crippen LogP contribution in [-0.4, -0.2) is 25.2 Å². The van der Waals surface area contributed by atoms with E-state index in [1.54, 1.807) is 24.7 Å². The van der Waals surface area contributed by atoms with Gasteiger partial charge in [0.05, 0.1) is 6.54 Å². The monoisotopic (exact) mass is 315 g/mol. The highest BCUT2D eigenvalue weighted by molar-refractivity contribution is 5.75. The Morgan fingerprint density at radius 2 is 2.09 bits per heavy atom. The van der Waals surface area contributed by atoms with Crippen molar-refractivity contribution >= 4 is 5.91 Å². The molecule has 1 N–H and O–H groups in total. The quantitative estimate of drug-likeness (QED) is 0.900. The van der Waals surface area contributed by atoms with Crippen molar-refractivity contribution in [3.05, 3.63) is 46.9 Å². The third-order valence-corrected chi connectivity index (χ3v) is 4.27. The highest BCUT2D eigenvalue weighted by Crippen LogP contribution is 2.28. The SMILES string of the molecule is O=C(Cn1ccccc1=O)NCc1nncn1C1CCCCC1. The molecule has 2 aromatic heterocycles. The summed E-state index contributed by atoms with van der Waals surface area (Å²) in [6.07, 6.45) is 9.37. The molecule has 0 bridgehead atoms. The van der Waals surface area contributed by atoms with Gasteiger partial charge in [0.25, 0.3) is 5.56 Å². The summed E-state index contributed by atoms with van der Waals surface area (Å²) in [6.45, 7) is 0.341. The predicted octanol–water partition coefficient (Wildman–Crippen LogP) is 1.26. The first-order valence-electron chi connectivity index (χ1n) is 8.04. The van der Waals surface area contributed by atoms with Crippen LogP contribution in [-0.2, 0) is 17.9 Å². The van der Waals surface area contributed by atoms with Crippen molar-refractivity contribution < 1.29 is 4.79 Å². The number of rotatable bonds is 5. The maximum atomic E-state index is 12.0. The number of nitrogens with zero attached hydrogens (tertiary/aromatic N) is 4. The maximum Gasteiger partial charge on any atom is 0.250 e. The Balaban J connectivity index is 1.58. The molecule has 122 valence electrons. The van der Waals surface area contributed by atoms with Gasteiger partial charge in [-0.25, -0.2) is 0 Å². The first-order valence-corrected chi connectivity index (χ1v) is 8.04. The molecule has 1 fully saturated rings. The van der Waals surface area contributed by atoms with Crippen LogP contribution in [0.3, 0.4) is 0 Å². The minimum absolute atomic E-state index is 0.0111. The topological polar surface area (TPSA) is 81.8 Å². The van der Waals surface area contributed by atoms with Gasteiger partial charge in [-0.05, 0) is 18.9 Å². The summed E-state index contributed by atoms with van der Waals surface area (Å²) in [6, 6.07) is 5.26. The molecule has 0 radical (unpaired) electrons. The normalized spacial score (nSPS) is 15.5. The van der Waals surface area contributed by atoms with E-state index in [0.29, 0.717) is 12.6 Å². The summed E-state index contributed by atoms with van der Waals surface area (Å²) < 4.78 is 3.45. The van der Waals surface area contributed by atoms with E-state index in [2.05, 4.69) is 20.1 Å². The smallest absolute Gasteiger partial charge is 0.250 e. The number of hydrogen-bond donors (Lipinski definition) is 1. The van der Waals surface area contributed by atoms with E-state index in [-0.39, 0.29) is 18.0 Å². The minimum atomic E-state index is -0.212. The Labute approximate surface area is 134 Å². The standard InChI is InChI=1S/C16H21N5O2/c22-15(11-20-9-5-4-8-16(20)23)17-10-14-19-18-12-21(14)13-6-2-1-3-7-13/h4-5,8-9,12-13H,1-3,6-7,10-11H2,(H,17,22). The van der Waals surface area contributed by atoms with Gasteiger partial charge in [0.15, 0.2) is 5.82 Å². The van der Waals surface area contributed by atoms with Crippen molar-refractivity contribution in [3.63, 3.8) is 0 Å². The van der Waals surface area contributed by atoms with Crippen LogP contribution in [0.5, 0.6) is 0 Å². The zero-order valence-electron chi connectivity index (χ0n) is 13.0. The summed E-state index contributed by atoms with van der Waals surface area (Å²) in [5.74, 6) is 0.558. The van der Waals surface area contributed by atoms with Crippen LogP contribution in [0.4, 0.5) is 0 Å². The van der Waals surface area contributed by atoms with E-state index in [1.807, 2.05) is 0 Å². The van der Waals surface area contributed by atoms with Gasteiger partial charge in [-0.1, -0.05) is 25.3 Å². The Kier molecular flexibility index (Phi) is 4.85. The Hall–Kier alpha value is -2.44. The molecule has 7 heteroatoms. The van der Waals surface area contributed by atoms with Crippen LogP contribution >= 0.6 is 0 Å². The molecule has 1 aliphatic rings. The van der Waals surface area contributed by atoms with E-state index >= 15 is 0 Å². The zero-order valence-corrected chi connectivity index (χ0v) is 13.0. The van der Waals surface area contributed by atoms with Crippen molar-refractivity contribution in [2.75, 3.05) is 0 Å². The number of carbonyl (C=O) groups is 1. The number of nitrogens with one attached hydrogen (secondary N) is 1. The van der Waals surface area contributed by atoms with Crippen molar-refractivity contribution in [2.45, 2.75) is 51.2 Å². The molecule has 7 nitrogen and oxygen atoms in total. The molecule has 2 heterocycles. The molecule has 0 aromatic carbocycles. The summed E-state index contributed by atoms with van der Waals surface area (Å²) in [7, 11) is 0. The van der Waals surface area contributed by atoms with E-state index in [4.69, 9.17) is 0 Å². The zero-order chi connectivity index (χ0) is 16.1. The van der Waals surface area contributed by atoms with Gasteiger partial charge in [-0.3, -0.25) is 9.59 Å². The molecule has 3 rings (SSSR count). The van der Waals surface area contributed by atoms with E-state index in [1.165, 1.54) is 29.9 Å². The fourth-order valence-corrected chi connectivity index (χ4v) is 3.04. The number of hydrogen-bond acceptors (Lipinski definition) is 4. The lowest BCUT2D eigenvalue weighted by Gasteiger charge is -2.24. The molecular weight excluding hydrogens is 294 g/mol. The third-order valence-electron chi connectivity index (χ3n) is 4.27. The summed E-state index contributed by atoms with van der Waals surface area (Å²) in [4.78, 5) is 23.6. The van der Waals surface area contributed by atoms with Gasteiger partial charge in [0.1, 0.15) is 12.9 Å². The molecule has 1 amide bonds. The number of carbonyl (C=O) groups excluding carboxylic acids is 1. The lowest BCUT2D eigenvalue weighted by atomic mass is 9.95. The minimum Gasteiger partial charge on any atom is -0.347 e. The second-order valence-electron chi connectivity index (χ2n) is 5.89. The van der Waals surface area contributed by atoms with Crippen LogP contribution in [0.25, 0.3) is 0 Å². The third kappa shape index (κ3) is 3.85. The van der Waals surface area contributed by atoms with Crippen molar-refractivity contribution in [1.82, 2.24) is 24.6 Å². The van der Waals surface area contributed by atoms with Gasteiger partial charge >= 0.3 is 0 Å². The molecule has 23 heavy (non-hydrogen) atoms. The summed E-state index contributed by atoms with van der Waals surface area (Å²) >= 11 is 0. The fraction of sp³-hybridized carbons (Fsp3) is 0.500.